The van der Waals surface area contributed by atoms with Crippen LogP contribution in [0.25, 0.3) is 10.9 Å². The molecule has 132 valence electrons. The highest BCUT2D eigenvalue weighted by atomic mass is 16.4. The number of fused-ring (bicyclic) bond motifs is 1. The smallest absolute Gasteiger partial charge is 0.341 e. The Hall–Kier alpha value is -3.86. The highest BCUT2D eigenvalue weighted by molar-refractivity contribution is 5.94. The van der Waals surface area contributed by atoms with Gasteiger partial charge in [-0.2, -0.15) is 0 Å². The summed E-state index contributed by atoms with van der Waals surface area (Å²) in [6.45, 7) is 0. The second-order valence-electron chi connectivity index (χ2n) is 6.10. The molecule has 0 aliphatic carbocycles. The van der Waals surface area contributed by atoms with E-state index in [2.05, 4.69) is 9.88 Å². The van der Waals surface area contributed by atoms with E-state index in [0.717, 1.165) is 17.1 Å². The Bertz CT molecular complexity index is 1130. The molecule has 0 fully saturated rings. The Balaban J connectivity index is 1.90. The molecule has 1 heterocycles. The number of hydrogen-bond acceptors (Lipinski definition) is 3. The van der Waals surface area contributed by atoms with E-state index in [1.54, 1.807) is 0 Å². The first-order chi connectivity index (χ1) is 13.1. The third-order valence-corrected chi connectivity index (χ3v) is 4.35. The topological polar surface area (TPSA) is 73.4 Å². The van der Waals surface area contributed by atoms with Crippen LogP contribution in [0.5, 0.6) is 0 Å². The van der Waals surface area contributed by atoms with Crippen LogP contribution in [0.2, 0.25) is 0 Å². The number of carboxylic acid groups (broad SMARTS) is 1. The van der Waals surface area contributed by atoms with Crippen molar-refractivity contribution in [3.63, 3.8) is 0 Å². The summed E-state index contributed by atoms with van der Waals surface area (Å²) in [6.07, 6.45) is 0. The van der Waals surface area contributed by atoms with Crippen LogP contribution in [0.1, 0.15) is 10.4 Å². The predicted octanol–water partition coefficient (Wildman–Crippen LogP) is 4.70. The van der Waals surface area contributed by atoms with Crippen LogP contribution in [0, 0.1) is 0 Å². The molecule has 3 aromatic carbocycles. The van der Waals surface area contributed by atoms with Gasteiger partial charge in [-0.3, -0.25) is 4.79 Å². The van der Waals surface area contributed by atoms with E-state index in [0.29, 0.717) is 10.9 Å². The zero-order valence-corrected chi connectivity index (χ0v) is 14.3. The van der Waals surface area contributed by atoms with Crippen LogP contribution in [0.3, 0.4) is 0 Å². The second kappa shape index (κ2) is 6.80. The lowest BCUT2D eigenvalue weighted by Gasteiger charge is -2.25. The second-order valence-corrected chi connectivity index (χ2v) is 6.10. The minimum absolute atomic E-state index is 0.266. The minimum Gasteiger partial charge on any atom is -0.477 e. The quantitative estimate of drug-likeness (QED) is 0.556. The molecule has 0 spiro atoms. The fourth-order valence-corrected chi connectivity index (χ4v) is 3.09. The fraction of sp³-hybridized carbons (Fsp3) is 0. The summed E-state index contributed by atoms with van der Waals surface area (Å²) in [4.78, 5) is 28.0. The first-order valence-corrected chi connectivity index (χ1v) is 8.44. The number of pyridine rings is 1. The van der Waals surface area contributed by atoms with E-state index in [-0.39, 0.29) is 5.56 Å². The van der Waals surface area contributed by atoms with Crippen LogP contribution in [0.15, 0.2) is 89.7 Å². The molecule has 0 saturated heterocycles. The largest absolute Gasteiger partial charge is 0.477 e. The highest BCUT2D eigenvalue weighted by Gasteiger charge is 2.14. The third kappa shape index (κ3) is 3.18. The first kappa shape index (κ1) is 16.6. The van der Waals surface area contributed by atoms with Gasteiger partial charge < -0.3 is 15.0 Å². The lowest BCUT2D eigenvalue weighted by molar-refractivity contribution is 0.0695. The molecule has 4 rings (SSSR count). The number of aromatic carboxylic acids is 1. The summed E-state index contributed by atoms with van der Waals surface area (Å²) < 4.78 is 0. The van der Waals surface area contributed by atoms with Gasteiger partial charge in [0.15, 0.2) is 0 Å². The molecule has 0 aliphatic heterocycles. The van der Waals surface area contributed by atoms with Gasteiger partial charge in [0.05, 0.1) is 5.52 Å². The summed E-state index contributed by atoms with van der Waals surface area (Å²) in [6, 6.07) is 26.8. The Morgan fingerprint density at radius 1 is 0.778 bits per heavy atom. The molecule has 0 amide bonds. The van der Waals surface area contributed by atoms with Gasteiger partial charge in [-0.05, 0) is 47.9 Å². The van der Waals surface area contributed by atoms with E-state index in [1.165, 1.54) is 6.07 Å². The molecule has 2 N–H and O–H groups in total. The van der Waals surface area contributed by atoms with Crippen LogP contribution in [-0.4, -0.2) is 16.1 Å². The predicted molar refractivity (Wildman–Crippen MR) is 106 cm³/mol. The van der Waals surface area contributed by atoms with Crippen molar-refractivity contribution in [3.05, 3.63) is 101 Å². The maximum Gasteiger partial charge on any atom is 0.341 e. The number of carbonyl (C=O) groups is 1. The summed E-state index contributed by atoms with van der Waals surface area (Å²) in [5, 5.41) is 9.80. The van der Waals surface area contributed by atoms with Gasteiger partial charge in [0.1, 0.15) is 5.56 Å². The molecule has 0 aliphatic rings. The fourth-order valence-electron chi connectivity index (χ4n) is 3.09. The van der Waals surface area contributed by atoms with Gasteiger partial charge in [0.2, 0.25) is 0 Å². The van der Waals surface area contributed by atoms with E-state index in [9.17, 15) is 9.59 Å². The summed E-state index contributed by atoms with van der Waals surface area (Å²) in [5.41, 5.74) is 2.52. The Morgan fingerprint density at radius 3 is 1.93 bits per heavy atom. The van der Waals surface area contributed by atoms with Crippen LogP contribution < -0.4 is 10.5 Å². The van der Waals surface area contributed by atoms with Crippen molar-refractivity contribution in [1.29, 1.82) is 0 Å². The number of carboxylic acids is 1. The number of benzene rings is 3. The number of para-hydroxylation sites is 2. The molecular formula is C22H16N2O3. The number of anilines is 3. The zero-order chi connectivity index (χ0) is 18.8. The van der Waals surface area contributed by atoms with Gasteiger partial charge >= 0.3 is 5.97 Å². The number of hydrogen-bond donors (Lipinski definition) is 2. The number of nitrogens with zero attached hydrogens (tertiary/aromatic N) is 1. The standard InChI is InChI=1S/C22H16N2O3/c25-21-19(22(26)27)13-15-11-12-18(14-20(15)23-21)24(16-7-3-1-4-8-16)17-9-5-2-6-10-17/h1-14H,(H,23,25)(H,26,27). The van der Waals surface area contributed by atoms with E-state index < -0.39 is 11.5 Å². The zero-order valence-electron chi connectivity index (χ0n) is 14.3. The SMILES string of the molecule is O=C(O)c1cc2ccc(N(c3ccccc3)c3ccccc3)cc2[nH]c1=O. The van der Waals surface area contributed by atoms with Crippen LogP contribution in [-0.2, 0) is 0 Å². The number of H-pyrrole nitrogens is 1. The molecular weight excluding hydrogens is 340 g/mol. The summed E-state index contributed by atoms with van der Waals surface area (Å²) in [5.74, 6) is -1.24. The highest BCUT2D eigenvalue weighted by Crippen LogP contribution is 2.35. The van der Waals surface area contributed by atoms with Gasteiger partial charge in [0.25, 0.3) is 5.56 Å². The lowest BCUT2D eigenvalue weighted by Crippen LogP contribution is -2.17. The summed E-state index contributed by atoms with van der Waals surface area (Å²) >= 11 is 0. The number of nitrogens with one attached hydrogen (secondary N) is 1. The van der Waals surface area contributed by atoms with Gasteiger partial charge in [-0.1, -0.05) is 42.5 Å². The van der Waals surface area contributed by atoms with Gasteiger partial charge in [-0.25, -0.2) is 4.79 Å². The molecule has 1 aromatic heterocycles. The maximum atomic E-state index is 12.0. The van der Waals surface area contributed by atoms with Gasteiger partial charge in [-0.15, -0.1) is 0 Å². The van der Waals surface area contributed by atoms with Crippen LogP contribution >= 0.6 is 0 Å². The average Bonchev–Trinajstić information content (AvgIpc) is 2.69. The van der Waals surface area contributed by atoms with E-state index >= 15 is 0 Å². The van der Waals surface area contributed by atoms with Crippen molar-refractivity contribution in [3.8, 4) is 0 Å². The Morgan fingerprint density at radius 2 is 1.37 bits per heavy atom. The molecule has 0 radical (unpaired) electrons. The monoisotopic (exact) mass is 356 g/mol. The minimum atomic E-state index is -1.24. The Kier molecular flexibility index (Phi) is 4.18. The van der Waals surface area contributed by atoms with Crippen molar-refractivity contribution < 1.29 is 9.90 Å². The number of rotatable bonds is 4. The van der Waals surface area contributed by atoms with Crippen molar-refractivity contribution in [2.75, 3.05) is 4.90 Å². The lowest BCUT2D eigenvalue weighted by atomic mass is 10.1. The summed E-state index contributed by atoms with van der Waals surface area (Å²) in [7, 11) is 0. The molecule has 0 atom stereocenters. The third-order valence-electron chi connectivity index (χ3n) is 4.35. The first-order valence-electron chi connectivity index (χ1n) is 8.44. The van der Waals surface area contributed by atoms with Gasteiger partial charge in [0, 0.05) is 17.1 Å². The molecule has 5 nitrogen and oxygen atoms in total. The molecule has 4 aromatic rings. The molecule has 27 heavy (non-hydrogen) atoms. The van der Waals surface area contributed by atoms with Crippen molar-refractivity contribution in [2.24, 2.45) is 0 Å². The molecule has 0 bridgehead atoms. The normalized spacial score (nSPS) is 10.7. The molecule has 0 saturated carbocycles. The number of aromatic amines is 1. The molecule has 0 unspecified atom stereocenters. The van der Waals surface area contributed by atoms with Crippen molar-refractivity contribution in [2.45, 2.75) is 0 Å². The molecule has 5 heteroatoms. The van der Waals surface area contributed by atoms with E-state index in [4.69, 9.17) is 5.11 Å². The van der Waals surface area contributed by atoms with Crippen molar-refractivity contribution in [1.82, 2.24) is 4.98 Å². The maximum absolute atomic E-state index is 12.0. The average molecular weight is 356 g/mol. The van der Waals surface area contributed by atoms with E-state index in [1.807, 2.05) is 78.9 Å². The Labute approximate surface area is 155 Å². The number of aromatic nitrogens is 1. The van der Waals surface area contributed by atoms with Crippen molar-refractivity contribution >= 4 is 33.9 Å². The van der Waals surface area contributed by atoms with Crippen LogP contribution in [0.4, 0.5) is 17.1 Å².